The number of aryl methyl sites for hydroxylation is 1. The van der Waals surface area contributed by atoms with Crippen LogP contribution in [0.4, 0.5) is 37.4 Å². The van der Waals surface area contributed by atoms with Crippen molar-refractivity contribution in [3.63, 3.8) is 0 Å². The summed E-state index contributed by atoms with van der Waals surface area (Å²) >= 11 is 5.97. The number of halogens is 1. The van der Waals surface area contributed by atoms with Gasteiger partial charge in [-0.2, -0.15) is 29.5 Å². The summed E-state index contributed by atoms with van der Waals surface area (Å²) in [6, 6.07) is 16.4. The predicted molar refractivity (Wildman–Crippen MR) is 245 cm³/mol. The van der Waals surface area contributed by atoms with Gasteiger partial charge in [0, 0.05) is 35.3 Å². The monoisotopic (exact) mass is 920 g/mol. The van der Waals surface area contributed by atoms with Crippen LogP contribution in [-0.2, 0) is 14.2 Å². The van der Waals surface area contributed by atoms with Crippen molar-refractivity contribution in [3.8, 4) is 33.9 Å². The van der Waals surface area contributed by atoms with Gasteiger partial charge in [0.2, 0.25) is 11.0 Å². The summed E-state index contributed by atoms with van der Waals surface area (Å²) in [5.41, 5.74) is 3.64. The van der Waals surface area contributed by atoms with Crippen molar-refractivity contribution in [2.45, 2.75) is 86.0 Å². The maximum atomic E-state index is 13.4. The topological polar surface area (TPSA) is 213 Å². The largest absolute Gasteiger partial charge is 0.482 e. The van der Waals surface area contributed by atoms with Gasteiger partial charge in [-0.3, -0.25) is 0 Å². The van der Waals surface area contributed by atoms with E-state index in [1.165, 1.54) is 15.8 Å². The highest BCUT2D eigenvalue weighted by Gasteiger charge is 2.32. The molecule has 5 aromatic heterocycles. The highest BCUT2D eigenvalue weighted by atomic mass is 35.5. The lowest BCUT2D eigenvalue weighted by molar-refractivity contribution is 0.0503. The highest BCUT2D eigenvalue weighted by Crippen LogP contribution is 2.41. The van der Waals surface area contributed by atoms with Crippen molar-refractivity contribution in [2.75, 3.05) is 23.4 Å². The Morgan fingerprint density at radius 3 is 1.79 bits per heavy atom. The number of carbonyl (C=O) groups excluding carboxylic acids is 3. The van der Waals surface area contributed by atoms with Gasteiger partial charge < -0.3 is 33.4 Å². The highest BCUT2D eigenvalue weighted by molar-refractivity contribution is 6.28. The second-order valence-electron chi connectivity index (χ2n) is 17.8. The molecular weight excluding hydrogens is 872 g/mol. The van der Waals surface area contributed by atoms with Crippen LogP contribution in [0.25, 0.3) is 33.4 Å². The molecule has 0 atom stereocenters. The average molecular weight is 921 g/mol. The van der Waals surface area contributed by atoms with Crippen LogP contribution in [0.2, 0.25) is 5.28 Å². The van der Waals surface area contributed by atoms with Gasteiger partial charge in [0.05, 0.1) is 24.3 Å². The smallest absolute Gasteiger partial charge is 0.435 e. The third kappa shape index (κ3) is 11.6. The maximum Gasteiger partial charge on any atom is 0.435 e. The van der Waals surface area contributed by atoms with E-state index < -0.39 is 35.1 Å². The van der Waals surface area contributed by atoms with Crippen molar-refractivity contribution < 1.29 is 42.5 Å². The average Bonchev–Trinajstić information content (AvgIpc) is 4.02. The Morgan fingerprint density at radius 2 is 1.23 bits per heavy atom. The van der Waals surface area contributed by atoms with Crippen LogP contribution in [0.5, 0.6) is 11.6 Å². The molecule has 0 saturated heterocycles. The van der Waals surface area contributed by atoms with E-state index in [9.17, 15) is 14.4 Å². The van der Waals surface area contributed by atoms with Crippen LogP contribution in [0, 0.1) is 6.92 Å². The quantitative estimate of drug-likeness (QED) is 0.121. The molecule has 0 radical (unpaired) electrons. The van der Waals surface area contributed by atoms with Crippen LogP contribution >= 0.6 is 11.6 Å². The van der Waals surface area contributed by atoms with Crippen molar-refractivity contribution in [2.24, 2.45) is 0 Å². The number of ether oxygens (including phenoxy) is 5. The molecular formula is C46H49ClN10O9. The first-order chi connectivity index (χ1) is 31.1. The molecule has 1 amide bonds. The number of fused-ring (bicyclic) bond motifs is 2. The van der Waals surface area contributed by atoms with E-state index in [-0.39, 0.29) is 22.7 Å². The number of amides is 1. The van der Waals surface area contributed by atoms with Crippen LogP contribution in [0.3, 0.4) is 0 Å². The number of aromatic nitrogens is 8. The molecule has 0 aliphatic carbocycles. The Kier molecular flexibility index (Phi) is 13.0. The number of furan rings is 1. The maximum absolute atomic E-state index is 13.4. The fourth-order valence-corrected chi connectivity index (χ4v) is 6.34. The summed E-state index contributed by atoms with van der Waals surface area (Å²) < 4.78 is 35.6. The molecule has 7 aromatic rings. The van der Waals surface area contributed by atoms with Crippen molar-refractivity contribution in [1.29, 1.82) is 0 Å². The minimum atomic E-state index is -0.745. The lowest BCUT2D eigenvalue weighted by Gasteiger charge is -2.29. The summed E-state index contributed by atoms with van der Waals surface area (Å²) in [4.78, 5) is 56.2. The molecule has 1 aliphatic rings. The Morgan fingerprint density at radius 1 is 0.682 bits per heavy atom. The third-order valence-electron chi connectivity index (χ3n) is 8.83. The first kappa shape index (κ1) is 46.5. The zero-order chi connectivity index (χ0) is 47.6. The molecule has 0 bridgehead atoms. The lowest BCUT2D eigenvalue weighted by Crippen LogP contribution is -2.35. The fraction of sp³-hybridized carbons (Fsp3) is 0.326. The molecule has 1 N–H and O–H groups in total. The second kappa shape index (κ2) is 18.5. The molecule has 0 unspecified atom stereocenters. The summed E-state index contributed by atoms with van der Waals surface area (Å²) in [7, 11) is 0. The van der Waals surface area contributed by atoms with E-state index in [0.717, 1.165) is 27.1 Å². The number of rotatable bonds is 6. The van der Waals surface area contributed by atoms with Gasteiger partial charge in [0.15, 0.2) is 17.2 Å². The van der Waals surface area contributed by atoms with Crippen molar-refractivity contribution >= 4 is 64.0 Å². The minimum Gasteiger partial charge on any atom is -0.482 e. The number of nitrogens with zero attached hydrogens (tertiary/aromatic N) is 9. The molecule has 19 nitrogen and oxygen atoms in total. The minimum absolute atomic E-state index is 0.132. The lowest BCUT2D eigenvalue weighted by atomic mass is 10.1. The molecule has 6 heterocycles. The zero-order valence-corrected chi connectivity index (χ0v) is 38.8. The van der Waals surface area contributed by atoms with Crippen LogP contribution in [0.1, 0.15) is 68.1 Å². The number of hydrogen-bond donors (Lipinski definition) is 1. The van der Waals surface area contributed by atoms with E-state index >= 15 is 0 Å². The Labute approximate surface area is 385 Å². The molecule has 0 fully saturated rings. The fourth-order valence-electron chi connectivity index (χ4n) is 6.17. The Hall–Kier alpha value is -7.54. The van der Waals surface area contributed by atoms with Crippen LogP contribution in [0.15, 0.2) is 90.1 Å². The summed E-state index contributed by atoms with van der Waals surface area (Å²) in [6.07, 6.45) is 6.21. The van der Waals surface area contributed by atoms with E-state index in [4.69, 9.17) is 39.7 Å². The zero-order valence-electron chi connectivity index (χ0n) is 38.1. The Balaban J connectivity index is 0.000000202. The number of benzene rings is 2. The first-order valence-electron chi connectivity index (χ1n) is 20.7. The van der Waals surface area contributed by atoms with Gasteiger partial charge in [-0.15, -0.1) is 0 Å². The van der Waals surface area contributed by atoms with Gasteiger partial charge in [-0.05, 0) is 116 Å². The van der Waals surface area contributed by atoms with Crippen LogP contribution in [-0.4, -0.2) is 87.8 Å². The van der Waals surface area contributed by atoms with E-state index in [2.05, 4.69) is 35.5 Å². The second-order valence-corrected chi connectivity index (χ2v) is 18.1. The molecule has 8 rings (SSSR count). The molecule has 66 heavy (non-hydrogen) atoms. The van der Waals surface area contributed by atoms with E-state index in [0.29, 0.717) is 47.2 Å². The normalized spacial score (nSPS) is 12.5. The number of carbonyl (C=O) groups is 3. The molecule has 20 heteroatoms. The summed E-state index contributed by atoms with van der Waals surface area (Å²) in [5.74, 6) is 1.66. The number of hydrogen-bond acceptors (Lipinski definition) is 16. The molecule has 344 valence electrons. The standard InChI is InChI=1S/C26H31N5O6.C20H18ClN5O3/c1-16-28-21(20-22(29-16)35-13-12-34-20)31(24(33)37-26(5,6)7)19-10-8-17(9-11-19)18-14-27-30(15-18)23(32)36-25(2,3)4;1-20(2,3)29-19(27)26-11-13(10-22-26)12-4-6-14(7-5-12)23-17-16-15(8-9-28-16)24-18(21)25-17/h8-11,14-15H,12-13H2,1-7H3;4-11H,1-3H3,(H,23,24,25). The van der Waals surface area contributed by atoms with Gasteiger partial charge in [-0.25, -0.2) is 29.3 Å². The summed E-state index contributed by atoms with van der Waals surface area (Å²) in [5, 5.41) is 11.5. The van der Waals surface area contributed by atoms with Crippen molar-refractivity contribution in [1.82, 2.24) is 39.5 Å². The number of anilines is 4. The SMILES string of the molecule is CC(C)(C)OC(=O)n1cc(-c2ccc(Nc3nc(Cl)nc4ccoc34)cc2)cn1.Cc1nc2c(c(N(C(=O)OC(C)(C)C)c3ccc(-c4cnn(C(=O)OC(C)(C)C)c4)cc3)n1)OCCO2. The first-order valence-corrected chi connectivity index (χ1v) is 21.1. The molecule has 0 saturated carbocycles. The van der Waals surface area contributed by atoms with Gasteiger partial charge >= 0.3 is 18.3 Å². The predicted octanol–water partition coefficient (Wildman–Crippen LogP) is 10.5. The van der Waals surface area contributed by atoms with Gasteiger partial charge in [0.1, 0.15) is 41.4 Å². The molecule has 0 spiro atoms. The number of nitrogens with one attached hydrogen (secondary N) is 1. The van der Waals surface area contributed by atoms with Crippen molar-refractivity contribution in [3.05, 3.63) is 96.8 Å². The van der Waals surface area contributed by atoms with E-state index in [1.807, 2.05) is 45.0 Å². The Bertz CT molecular complexity index is 2870. The third-order valence-corrected chi connectivity index (χ3v) is 9.00. The van der Waals surface area contributed by atoms with Gasteiger partial charge in [-0.1, -0.05) is 24.3 Å². The van der Waals surface area contributed by atoms with Crippen LogP contribution < -0.4 is 19.7 Å². The molecule has 1 aliphatic heterocycles. The van der Waals surface area contributed by atoms with E-state index in [1.54, 1.807) is 104 Å². The van der Waals surface area contributed by atoms with Gasteiger partial charge in [0.25, 0.3) is 5.88 Å². The molecule has 2 aromatic carbocycles. The summed E-state index contributed by atoms with van der Waals surface area (Å²) in [6.45, 7) is 18.5.